The Morgan fingerprint density at radius 3 is 2.62 bits per heavy atom. The average Bonchev–Trinajstić information content (AvgIpc) is 3.02. The lowest BCUT2D eigenvalue weighted by Gasteiger charge is -2.35. The van der Waals surface area contributed by atoms with Gasteiger partial charge in [0, 0.05) is 32.1 Å². The fourth-order valence-electron chi connectivity index (χ4n) is 3.45. The zero-order chi connectivity index (χ0) is 16.5. The highest BCUT2D eigenvalue weighted by molar-refractivity contribution is 5.79. The van der Waals surface area contributed by atoms with Crippen LogP contribution in [-0.2, 0) is 9.53 Å². The van der Waals surface area contributed by atoms with Crippen LogP contribution in [0.15, 0.2) is 12.1 Å². The molecule has 4 rings (SSSR count). The summed E-state index contributed by atoms with van der Waals surface area (Å²) in [6.45, 7) is 6.36. The van der Waals surface area contributed by atoms with Gasteiger partial charge in [-0.2, -0.15) is 4.52 Å². The highest BCUT2D eigenvalue weighted by Crippen LogP contribution is 2.24. The van der Waals surface area contributed by atoms with E-state index in [-0.39, 0.29) is 11.8 Å². The van der Waals surface area contributed by atoms with Gasteiger partial charge in [0.2, 0.25) is 5.91 Å². The molecule has 0 radical (unpaired) electrons. The van der Waals surface area contributed by atoms with Gasteiger partial charge in [0.15, 0.2) is 11.5 Å². The molecule has 2 aliphatic heterocycles. The van der Waals surface area contributed by atoms with Crippen molar-refractivity contribution in [3.8, 4) is 0 Å². The summed E-state index contributed by atoms with van der Waals surface area (Å²) in [7, 11) is 0. The molecule has 0 atom stereocenters. The molecule has 0 aliphatic carbocycles. The van der Waals surface area contributed by atoms with Gasteiger partial charge in [-0.15, -0.1) is 15.3 Å². The van der Waals surface area contributed by atoms with Crippen LogP contribution in [0.2, 0.25) is 0 Å². The molecule has 2 aliphatic rings. The van der Waals surface area contributed by atoms with Crippen LogP contribution in [0, 0.1) is 12.8 Å². The molecule has 0 saturated carbocycles. The van der Waals surface area contributed by atoms with Crippen LogP contribution in [0.1, 0.15) is 18.7 Å². The van der Waals surface area contributed by atoms with Crippen LogP contribution in [0.5, 0.6) is 0 Å². The molecular weight excluding hydrogens is 308 g/mol. The van der Waals surface area contributed by atoms with Gasteiger partial charge in [-0.25, -0.2) is 0 Å². The van der Waals surface area contributed by atoms with Crippen molar-refractivity contribution in [2.45, 2.75) is 19.8 Å². The molecule has 8 heteroatoms. The van der Waals surface area contributed by atoms with E-state index in [1.165, 1.54) is 0 Å². The van der Waals surface area contributed by atoms with Crippen LogP contribution in [0.25, 0.3) is 5.65 Å². The van der Waals surface area contributed by atoms with Gasteiger partial charge in [0.1, 0.15) is 5.82 Å². The summed E-state index contributed by atoms with van der Waals surface area (Å²) in [5, 5.41) is 12.7. The van der Waals surface area contributed by atoms with Crippen molar-refractivity contribution >= 4 is 17.4 Å². The molecule has 1 amide bonds. The number of hydrogen-bond acceptors (Lipinski definition) is 6. The van der Waals surface area contributed by atoms with E-state index in [4.69, 9.17) is 4.74 Å². The molecule has 128 valence electrons. The van der Waals surface area contributed by atoms with Crippen molar-refractivity contribution < 1.29 is 9.53 Å². The molecule has 2 saturated heterocycles. The number of hydrogen-bond donors (Lipinski definition) is 0. The van der Waals surface area contributed by atoms with Gasteiger partial charge < -0.3 is 14.5 Å². The Hall–Kier alpha value is -2.22. The van der Waals surface area contributed by atoms with Crippen LogP contribution < -0.4 is 4.90 Å². The first-order valence-corrected chi connectivity index (χ1v) is 8.53. The maximum Gasteiger partial charge on any atom is 0.225 e. The smallest absolute Gasteiger partial charge is 0.225 e. The molecule has 0 N–H and O–H groups in total. The second-order valence-electron chi connectivity index (χ2n) is 6.41. The number of carbonyl (C=O) groups excluding carboxylic acids is 1. The van der Waals surface area contributed by atoms with Gasteiger partial charge in [-0.1, -0.05) is 0 Å². The molecule has 2 aromatic rings. The lowest BCUT2D eigenvalue weighted by molar-refractivity contribution is -0.140. The van der Waals surface area contributed by atoms with E-state index in [2.05, 4.69) is 20.2 Å². The molecule has 4 heterocycles. The van der Waals surface area contributed by atoms with E-state index in [0.717, 1.165) is 56.3 Å². The Morgan fingerprint density at radius 2 is 1.88 bits per heavy atom. The molecule has 0 spiro atoms. The molecule has 2 fully saturated rings. The second-order valence-corrected chi connectivity index (χ2v) is 6.41. The van der Waals surface area contributed by atoms with Crippen molar-refractivity contribution in [3.05, 3.63) is 18.0 Å². The minimum atomic E-state index is 0.125. The van der Waals surface area contributed by atoms with Crippen molar-refractivity contribution in [2.24, 2.45) is 5.92 Å². The Kier molecular flexibility index (Phi) is 4.05. The van der Waals surface area contributed by atoms with Crippen LogP contribution in [0.4, 0.5) is 5.82 Å². The lowest BCUT2D eigenvalue weighted by atomic mass is 9.95. The number of anilines is 1. The van der Waals surface area contributed by atoms with Crippen molar-refractivity contribution in [1.82, 2.24) is 24.7 Å². The summed E-state index contributed by atoms with van der Waals surface area (Å²) in [6.07, 6.45) is 1.74. The molecule has 0 bridgehead atoms. The van der Waals surface area contributed by atoms with Gasteiger partial charge in [-0.3, -0.25) is 4.79 Å². The summed E-state index contributed by atoms with van der Waals surface area (Å²) in [5.74, 6) is 2.11. The predicted molar refractivity (Wildman–Crippen MR) is 87.9 cm³/mol. The highest BCUT2D eigenvalue weighted by Gasteiger charge is 2.29. The number of carbonyl (C=O) groups is 1. The third-order valence-corrected chi connectivity index (χ3v) is 4.90. The summed E-state index contributed by atoms with van der Waals surface area (Å²) < 4.78 is 7.09. The Morgan fingerprint density at radius 1 is 1.12 bits per heavy atom. The monoisotopic (exact) mass is 330 g/mol. The first-order valence-electron chi connectivity index (χ1n) is 8.53. The fourth-order valence-corrected chi connectivity index (χ4v) is 3.45. The average molecular weight is 330 g/mol. The Labute approximate surface area is 140 Å². The number of ether oxygens (including phenoxy) is 1. The number of piperidine rings is 1. The van der Waals surface area contributed by atoms with Gasteiger partial charge in [0.25, 0.3) is 0 Å². The topological polar surface area (TPSA) is 75.9 Å². The lowest BCUT2D eigenvalue weighted by Crippen LogP contribution is -2.47. The first kappa shape index (κ1) is 15.3. The number of aryl methyl sites for hydroxylation is 1. The molecule has 24 heavy (non-hydrogen) atoms. The van der Waals surface area contributed by atoms with Gasteiger partial charge in [0.05, 0.1) is 13.2 Å². The number of morpholine rings is 1. The predicted octanol–water partition coefficient (Wildman–Crippen LogP) is 0.508. The van der Waals surface area contributed by atoms with E-state index < -0.39 is 0 Å². The van der Waals surface area contributed by atoms with E-state index in [1.54, 1.807) is 4.52 Å². The zero-order valence-corrected chi connectivity index (χ0v) is 13.9. The zero-order valence-electron chi connectivity index (χ0n) is 13.9. The SMILES string of the molecule is Cc1nnc2ccc(N3CCC(C(=O)N4CCOCC4)CC3)nn12. The summed E-state index contributed by atoms with van der Waals surface area (Å²) in [6, 6.07) is 3.92. The van der Waals surface area contributed by atoms with Crippen molar-refractivity contribution in [3.63, 3.8) is 0 Å². The number of nitrogens with zero attached hydrogens (tertiary/aromatic N) is 6. The fraction of sp³-hybridized carbons (Fsp3) is 0.625. The quantitative estimate of drug-likeness (QED) is 0.798. The van der Waals surface area contributed by atoms with Crippen molar-refractivity contribution in [2.75, 3.05) is 44.3 Å². The van der Waals surface area contributed by atoms with Gasteiger partial charge in [-0.05, 0) is 31.9 Å². The number of amides is 1. The summed E-state index contributed by atoms with van der Waals surface area (Å²) >= 11 is 0. The van der Waals surface area contributed by atoms with Crippen molar-refractivity contribution in [1.29, 1.82) is 0 Å². The molecular formula is C16H22N6O2. The standard InChI is InChI=1S/C16H22N6O2/c1-12-17-18-14-2-3-15(19-22(12)14)20-6-4-13(5-7-20)16(23)21-8-10-24-11-9-21/h2-3,13H,4-11H2,1H3. The maximum absolute atomic E-state index is 12.6. The van der Waals surface area contributed by atoms with E-state index in [1.807, 2.05) is 24.0 Å². The number of fused-ring (bicyclic) bond motifs is 1. The van der Waals surface area contributed by atoms with Crippen LogP contribution in [0.3, 0.4) is 0 Å². The maximum atomic E-state index is 12.6. The Balaban J connectivity index is 1.41. The normalized spacial score (nSPS) is 19.9. The number of aromatic nitrogens is 4. The minimum Gasteiger partial charge on any atom is -0.378 e. The number of rotatable bonds is 2. The largest absolute Gasteiger partial charge is 0.378 e. The highest BCUT2D eigenvalue weighted by atomic mass is 16.5. The molecule has 0 unspecified atom stereocenters. The van der Waals surface area contributed by atoms with Crippen LogP contribution in [-0.4, -0.2) is 70.0 Å². The Bertz CT molecular complexity index is 731. The third-order valence-electron chi connectivity index (χ3n) is 4.90. The summed E-state index contributed by atoms with van der Waals surface area (Å²) in [4.78, 5) is 16.8. The van der Waals surface area contributed by atoms with Gasteiger partial charge >= 0.3 is 0 Å². The second kappa shape index (κ2) is 6.35. The summed E-state index contributed by atoms with van der Waals surface area (Å²) in [5.41, 5.74) is 0.758. The molecule has 8 nitrogen and oxygen atoms in total. The molecule has 2 aromatic heterocycles. The van der Waals surface area contributed by atoms with E-state index in [0.29, 0.717) is 13.2 Å². The van der Waals surface area contributed by atoms with E-state index in [9.17, 15) is 4.79 Å². The van der Waals surface area contributed by atoms with Crippen LogP contribution >= 0.6 is 0 Å². The molecule has 0 aromatic carbocycles. The van der Waals surface area contributed by atoms with E-state index >= 15 is 0 Å². The first-order chi connectivity index (χ1) is 11.7. The third kappa shape index (κ3) is 2.82. The minimum absolute atomic E-state index is 0.125.